The minimum absolute atomic E-state index is 1.03. The Hall–Kier alpha value is -5.08. The summed E-state index contributed by atoms with van der Waals surface area (Å²) in [6.07, 6.45) is 3.73. The number of rotatable bonds is 4. The molecule has 0 atom stereocenters. The summed E-state index contributed by atoms with van der Waals surface area (Å²) >= 11 is 0. The Bertz CT molecular complexity index is 1950. The zero-order valence-electron chi connectivity index (χ0n) is 22.6. The summed E-state index contributed by atoms with van der Waals surface area (Å²) in [7, 11) is 0. The van der Waals surface area contributed by atoms with Gasteiger partial charge in [0.05, 0.1) is 0 Å². The summed E-state index contributed by atoms with van der Waals surface area (Å²) in [6.45, 7) is 4.10. The van der Waals surface area contributed by atoms with E-state index in [9.17, 15) is 0 Å². The summed E-state index contributed by atoms with van der Waals surface area (Å²) in [5.41, 5.74) is 11.8. The van der Waals surface area contributed by atoms with Gasteiger partial charge in [0.15, 0.2) is 0 Å². The van der Waals surface area contributed by atoms with Crippen molar-refractivity contribution in [3.05, 3.63) is 145 Å². The zero-order chi connectivity index (χ0) is 27.1. The molecule has 40 heavy (non-hydrogen) atoms. The van der Waals surface area contributed by atoms with Crippen molar-refractivity contribution in [2.24, 2.45) is 0 Å². The van der Waals surface area contributed by atoms with Gasteiger partial charge < -0.3 is 0 Å². The summed E-state index contributed by atoms with van der Waals surface area (Å²) in [5, 5.41) is 5.04. The van der Waals surface area contributed by atoms with E-state index >= 15 is 0 Å². The third-order valence-electron chi connectivity index (χ3n) is 7.83. The largest absolute Gasteiger partial charge is 0.262 e. The Morgan fingerprint density at radius 1 is 0.400 bits per heavy atom. The summed E-state index contributed by atoms with van der Waals surface area (Å²) in [4.78, 5) is 8.83. The molecule has 0 aliphatic rings. The summed E-state index contributed by atoms with van der Waals surface area (Å²) < 4.78 is 0. The highest BCUT2D eigenvalue weighted by atomic mass is 14.7. The third-order valence-corrected chi connectivity index (χ3v) is 7.83. The van der Waals surface area contributed by atoms with Gasteiger partial charge in [-0.15, -0.1) is 0 Å². The van der Waals surface area contributed by atoms with E-state index in [1.165, 1.54) is 66.1 Å². The van der Waals surface area contributed by atoms with E-state index in [1.807, 2.05) is 25.4 Å². The quantitative estimate of drug-likeness (QED) is 0.219. The molecular weight excluding hydrogens is 484 g/mol. The maximum Gasteiger partial charge on any atom is 0.0450 e. The Labute approximate surface area is 234 Å². The van der Waals surface area contributed by atoms with Crippen LogP contribution in [0.1, 0.15) is 11.4 Å². The van der Waals surface area contributed by atoms with Gasteiger partial charge in [-0.3, -0.25) is 9.97 Å². The molecule has 0 bridgehead atoms. The van der Waals surface area contributed by atoms with Crippen molar-refractivity contribution in [2.75, 3.05) is 0 Å². The lowest BCUT2D eigenvalue weighted by molar-refractivity contribution is 1.20. The van der Waals surface area contributed by atoms with Gasteiger partial charge in [0.2, 0.25) is 0 Å². The number of benzene rings is 5. The molecule has 2 aromatic heterocycles. The second-order valence-corrected chi connectivity index (χ2v) is 10.3. The van der Waals surface area contributed by atoms with Crippen LogP contribution in [0.15, 0.2) is 134 Å². The fraction of sp³-hybridized carbons (Fsp3) is 0.0526. The van der Waals surface area contributed by atoms with Gasteiger partial charge in [0.1, 0.15) is 0 Å². The van der Waals surface area contributed by atoms with Crippen LogP contribution in [0.2, 0.25) is 0 Å². The average molecular weight is 513 g/mol. The van der Waals surface area contributed by atoms with Crippen molar-refractivity contribution in [2.45, 2.75) is 13.8 Å². The fourth-order valence-corrected chi connectivity index (χ4v) is 5.91. The van der Waals surface area contributed by atoms with Gasteiger partial charge >= 0.3 is 0 Å². The highest BCUT2D eigenvalue weighted by Crippen LogP contribution is 2.44. The van der Waals surface area contributed by atoms with Gasteiger partial charge in [-0.05, 0) is 92.5 Å². The monoisotopic (exact) mass is 512 g/mol. The van der Waals surface area contributed by atoms with Crippen molar-refractivity contribution in [1.82, 2.24) is 9.97 Å². The molecule has 0 aliphatic carbocycles. The van der Waals surface area contributed by atoms with Crippen molar-refractivity contribution in [3.63, 3.8) is 0 Å². The number of aryl methyl sites for hydroxylation is 2. The molecule has 0 fully saturated rings. The van der Waals surface area contributed by atoms with Gasteiger partial charge in [-0.2, -0.15) is 0 Å². The zero-order valence-corrected chi connectivity index (χ0v) is 22.6. The van der Waals surface area contributed by atoms with Crippen LogP contribution in [0.3, 0.4) is 0 Å². The predicted octanol–water partition coefficient (Wildman–Crippen LogP) is 10.1. The highest BCUT2D eigenvalue weighted by Gasteiger charge is 2.16. The van der Waals surface area contributed by atoms with Crippen LogP contribution in [0.25, 0.3) is 66.1 Å². The molecule has 0 unspecified atom stereocenters. The Morgan fingerprint density at radius 2 is 0.900 bits per heavy atom. The van der Waals surface area contributed by atoms with Gasteiger partial charge in [-0.25, -0.2) is 0 Å². The Morgan fingerprint density at radius 3 is 1.40 bits per heavy atom. The number of hydrogen-bond acceptors (Lipinski definition) is 2. The third kappa shape index (κ3) is 4.15. The van der Waals surface area contributed by atoms with E-state index in [1.54, 1.807) is 0 Å². The number of hydrogen-bond donors (Lipinski definition) is 0. The molecule has 2 heterocycles. The molecule has 2 nitrogen and oxygen atoms in total. The molecule has 7 rings (SSSR count). The van der Waals surface area contributed by atoms with Crippen LogP contribution in [0.5, 0.6) is 0 Å². The maximum absolute atomic E-state index is 4.48. The topological polar surface area (TPSA) is 25.8 Å². The number of pyridine rings is 2. The number of aromatic nitrogens is 2. The molecule has 0 spiro atoms. The smallest absolute Gasteiger partial charge is 0.0450 e. The predicted molar refractivity (Wildman–Crippen MR) is 168 cm³/mol. The van der Waals surface area contributed by atoms with Crippen LogP contribution in [0, 0.1) is 13.8 Å². The molecule has 5 aromatic carbocycles. The van der Waals surface area contributed by atoms with E-state index in [0.717, 1.165) is 11.4 Å². The van der Waals surface area contributed by atoms with E-state index in [0.29, 0.717) is 0 Å². The Balaban J connectivity index is 1.41. The first kappa shape index (κ1) is 24.0. The Kier molecular flexibility index (Phi) is 5.94. The molecule has 190 valence electrons. The molecule has 7 aromatic rings. The van der Waals surface area contributed by atoms with Crippen LogP contribution in [0.4, 0.5) is 0 Å². The minimum Gasteiger partial charge on any atom is -0.262 e. The van der Waals surface area contributed by atoms with Gasteiger partial charge in [-0.1, -0.05) is 103 Å². The van der Waals surface area contributed by atoms with Gasteiger partial charge in [0.25, 0.3) is 0 Å². The molecule has 0 radical (unpaired) electrons. The van der Waals surface area contributed by atoms with E-state index in [2.05, 4.69) is 132 Å². The van der Waals surface area contributed by atoms with Crippen LogP contribution in [-0.4, -0.2) is 9.97 Å². The van der Waals surface area contributed by atoms with E-state index in [-0.39, 0.29) is 0 Å². The lowest BCUT2D eigenvalue weighted by Gasteiger charge is -2.18. The molecule has 2 heteroatoms. The molecule has 0 saturated heterocycles. The van der Waals surface area contributed by atoms with Crippen molar-refractivity contribution < 1.29 is 0 Å². The highest BCUT2D eigenvalue weighted by molar-refractivity contribution is 6.21. The fourth-order valence-electron chi connectivity index (χ4n) is 5.91. The second kappa shape index (κ2) is 9.91. The van der Waals surface area contributed by atoms with Crippen molar-refractivity contribution >= 4 is 21.5 Å². The standard InChI is InChI=1S/C38H28N2/c1-25-24-31(21-23-39-25)27-13-17-29(18-14-27)37-33-8-3-5-10-35(33)38(36-11-6-4-9-34(36)37)30-19-15-28(16-20-30)32-12-7-22-40-26(32)2/h3-24H,1-2H3. The van der Waals surface area contributed by atoms with Crippen LogP contribution < -0.4 is 0 Å². The number of fused-ring (bicyclic) bond motifs is 2. The first-order valence-corrected chi connectivity index (χ1v) is 13.7. The van der Waals surface area contributed by atoms with Crippen molar-refractivity contribution in [1.29, 1.82) is 0 Å². The van der Waals surface area contributed by atoms with Crippen molar-refractivity contribution in [3.8, 4) is 44.5 Å². The molecule has 0 amide bonds. The minimum atomic E-state index is 1.03. The first-order valence-electron chi connectivity index (χ1n) is 13.7. The van der Waals surface area contributed by atoms with Crippen LogP contribution >= 0.6 is 0 Å². The summed E-state index contributed by atoms with van der Waals surface area (Å²) in [5.74, 6) is 0. The first-order chi connectivity index (χ1) is 19.7. The van der Waals surface area contributed by atoms with E-state index < -0.39 is 0 Å². The normalized spacial score (nSPS) is 11.2. The molecule has 0 aliphatic heterocycles. The SMILES string of the molecule is Cc1cc(-c2ccc(-c3c4ccccc4c(-c4ccc(-c5cccnc5C)cc4)c4ccccc34)cc2)ccn1. The van der Waals surface area contributed by atoms with E-state index in [4.69, 9.17) is 0 Å². The number of nitrogens with zero attached hydrogens (tertiary/aromatic N) is 2. The average Bonchev–Trinajstić information content (AvgIpc) is 3.00. The molecule has 0 N–H and O–H groups in total. The van der Waals surface area contributed by atoms with Gasteiger partial charge in [0, 0.05) is 29.3 Å². The maximum atomic E-state index is 4.48. The van der Waals surface area contributed by atoms with Crippen LogP contribution in [-0.2, 0) is 0 Å². The summed E-state index contributed by atoms with van der Waals surface area (Å²) in [6, 6.07) is 43.9. The second-order valence-electron chi connectivity index (χ2n) is 10.3. The lowest BCUT2D eigenvalue weighted by Crippen LogP contribution is -1.91. The molecule has 0 saturated carbocycles. The molecular formula is C38H28N2. The lowest BCUT2D eigenvalue weighted by atomic mass is 9.85.